The lowest BCUT2D eigenvalue weighted by molar-refractivity contribution is -0.192. The molecule has 2 atom stereocenters. The smallest absolute Gasteiger partial charge is 0.348 e. The van der Waals surface area contributed by atoms with Crippen molar-refractivity contribution in [2.24, 2.45) is 0 Å². The maximum Gasteiger partial charge on any atom is 0.348 e. The number of aliphatic carboxylic acids is 2. The van der Waals surface area contributed by atoms with Gasteiger partial charge in [-0.3, -0.25) is 0 Å². The Morgan fingerprint density at radius 2 is 1.60 bits per heavy atom. The molecule has 10 nitrogen and oxygen atoms in total. The highest BCUT2D eigenvalue weighted by molar-refractivity contribution is 5.93. The van der Waals surface area contributed by atoms with Crippen LogP contribution in [-0.4, -0.2) is 60.3 Å². The number of phenolic OH excluding ortho intramolecular Hbond substituents is 3. The molecule has 10 heteroatoms. The predicted molar refractivity (Wildman–Crippen MR) is 101 cm³/mol. The number of rotatable bonds is 8. The Hall–Kier alpha value is -4.05. The fraction of sp³-hybridized carbons (Fsp3) is 0.150. The number of phenols is 3. The Balaban J connectivity index is 2.24. The average Bonchev–Trinajstić information content (AvgIpc) is 2.68. The van der Waals surface area contributed by atoms with Gasteiger partial charge in [-0.1, -0.05) is 18.2 Å². The molecule has 0 heterocycles. The lowest BCUT2D eigenvalue weighted by atomic mass is 9.88. The summed E-state index contributed by atoms with van der Waals surface area (Å²) < 4.78 is 4.69. The number of carbonyl (C=O) groups is 3. The van der Waals surface area contributed by atoms with E-state index in [0.717, 1.165) is 24.3 Å². The molecule has 0 aliphatic heterocycles. The third-order valence-corrected chi connectivity index (χ3v) is 4.08. The molecule has 0 saturated heterocycles. The summed E-state index contributed by atoms with van der Waals surface area (Å²) in [6.07, 6.45) is -1.28. The third-order valence-electron chi connectivity index (χ3n) is 4.08. The zero-order valence-electron chi connectivity index (χ0n) is 15.3. The Morgan fingerprint density at radius 1 is 0.967 bits per heavy atom. The van der Waals surface area contributed by atoms with Gasteiger partial charge < -0.3 is 35.4 Å². The molecular weight excluding hydrogens is 400 g/mol. The van der Waals surface area contributed by atoms with Crippen molar-refractivity contribution in [2.45, 2.75) is 18.1 Å². The molecule has 0 fully saturated rings. The Morgan fingerprint density at radius 3 is 2.13 bits per heavy atom. The van der Waals surface area contributed by atoms with Crippen molar-refractivity contribution in [3.8, 4) is 17.2 Å². The van der Waals surface area contributed by atoms with Crippen molar-refractivity contribution < 1.29 is 49.8 Å². The molecule has 0 radical (unpaired) electrons. The van der Waals surface area contributed by atoms with Gasteiger partial charge in [0.2, 0.25) is 11.7 Å². The number of carboxylic acid groups (broad SMARTS) is 2. The van der Waals surface area contributed by atoms with E-state index in [1.807, 2.05) is 0 Å². The molecular formula is C20H18O10. The number of aliphatic hydroxyl groups is 1. The summed E-state index contributed by atoms with van der Waals surface area (Å²) >= 11 is 0. The SMILES string of the molecule is O=C(/C=C\c1ccc(O)c(O)c1)O[C@H](C(=O)O)[C@](O)(Cc1ccc(O)cc1)C(=O)O. The van der Waals surface area contributed by atoms with Gasteiger partial charge >= 0.3 is 17.9 Å². The molecule has 0 aromatic heterocycles. The first-order valence-corrected chi connectivity index (χ1v) is 8.40. The molecule has 0 aliphatic rings. The molecule has 0 bridgehead atoms. The summed E-state index contributed by atoms with van der Waals surface area (Å²) in [5.74, 6) is -6.04. The summed E-state index contributed by atoms with van der Waals surface area (Å²) in [6.45, 7) is 0. The average molecular weight is 418 g/mol. The van der Waals surface area contributed by atoms with Crippen LogP contribution < -0.4 is 0 Å². The molecule has 0 saturated carbocycles. The molecule has 30 heavy (non-hydrogen) atoms. The molecule has 158 valence electrons. The number of carboxylic acids is 2. The van der Waals surface area contributed by atoms with Crippen molar-refractivity contribution in [3.05, 3.63) is 59.7 Å². The number of ether oxygens (including phenoxy) is 1. The van der Waals surface area contributed by atoms with E-state index in [2.05, 4.69) is 0 Å². The molecule has 2 aromatic carbocycles. The quantitative estimate of drug-likeness (QED) is 0.204. The zero-order chi connectivity index (χ0) is 22.5. The molecule has 0 unspecified atom stereocenters. The summed E-state index contributed by atoms with van der Waals surface area (Å²) in [4.78, 5) is 35.2. The minimum Gasteiger partial charge on any atom is -0.508 e. The number of hydrogen-bond donors (Lipinski definition) is 6. The highest BCUT2D eigenvalue weighted by Crippen LogP contribution is 2.26. The first-order valence-electron chi connectivity index (χ1n) is 8.40. The summed E-state index contributed by atoms with van der Waals surface area (Å²) in [5.41, 5.74) is -2.56. The van der Waals surface area contributed by atoms with E-state index in [1.165, 1.54) is 30.3 Å². The second kappa shape index (κ2) is 8.97. The van der Waals surface area contributed by atoms with E-state index in [-0.39, 0.29) is 22.6 Å². The van der Waals surface area contributed by atoms with Crippen molar-refractivity contribution in [1.29, 1.82) is 0 Å². The summed E-state index contributed by atoms with van der Waals surface area (Å²) in [5, 5.41) is 57.3. The van der Waals surface area contributed by atoms with Crippen LogP contribution in [0.25, 0.3) is 6.08 Å². The number of hydrogen-bond acceptors (Lipinski definition) is 8. The predicted octanol–water partition coefficient (Wildman–Crippen LogP) is 0.871. The van der Waals surface area contributed by atoms with Crippen molar-refractivity contribution >= 4 is 24.0 Å². The molecule has 0 amide bonds. The van der Waals surface area contributed by atoms with Gasteiger partial charge in [-0.25, -0.2) is 14.4 Å². The highest BCUT2D eigenvalue weighted by atomic mass is 16.6. The van der Waals surface area contributed by atoms with Gasteiger partial charge in [0.15, 0.2) is 11.5 Å². The molecule has 0 spiro atoms. The van der Waals surface area contributed by atoms with Crippen molar-refractivity contribution in [1.82, 2.24) is 0 Å². The monoisotopic (exact) mass is 418 g/mol. The number of carbonyl (C=O) groups excluding carboxylic acids is 1. The van der Waals surface area contributed by atoms with Crippen LogP contribution in [-0.2, 0) is 25.5 Å². The minimum atomic E-state index is -3.00. The van der Waals surface area contributed by atoms with Crippen LogP contribution >= 0.6 is 0 Å². The zero-order valence-corrected chi connectivity index (χ0v) is 15.3. The van der Waals surface area contributed by atoms with Gasteiger partial charge in [0, 0.05) is 12.5 Å². The minimum absolute atomic E-state index is 0.121. The van der Waals surface area contributed by atoms with Crippen LogP contribution in [0.3, 0.4) is 0 Å². The van der Waals surface area contributed by atoms with Crippen LogP contribution in [0.2, 0.25) is 0 Å². The van der Waals surface area contributed by atoms with E-state index in [9.17, 15) is 45.0 Å². The first-order chi connectivity index (χ1) is 14.0. The van der Waals surface area contributed by atoms with Gasteiger partial charge in [-0.15, -0.1) is 0 Å². The topological polar surface area (TPSA) is 182 Å². The lowest BCUT2D eigenvalue weighted by Crippen LogP contribution is -2.56. The largest absolute Gasteiger partial charge is 0.508 e. The highest BCUT2D eigenvalue weighted by Gasteiger charge is 2.51. The fourth-order valence-electron chi connectivity index (χ4n) is 2.52. The van der Waals surface area contributed by atoms with Crippen LogP contribution in [0.5, 0.6) is 17.2 Å². The van der Waals surface area contributed by atoms with Gasteiger partial charge in [0.1, 0.15) is 5.75 Å². The van der Waals surface area contributed by atoms with E-state index in [4.69, 9.17) is 4.74 Å². The first kappa shape index (κ1) is 22.2. The second-order valence-corrected chi connectivity index (χ2v) is 6.31. The van der Waals surface area contributed by atoms with Gasteiger partial charge in [-0.2, -0.15) is 0 Å². The standard InChI is InChI=1S/C20H18O10/c21-13-5-1-12(2-6-13)10-20(29,19(27)28)17(18(25)26)30-16(24)8-4-11-3-7-14(22)15(23)9-11/h1-9,17,21-23,29H,10H2,(H,25,26)(H,27,28)/b8-4-/t17-,20-/m1/s1. The van der Waals surface area contributed by atoms with Crippen LogP contribution in [0.1, 0.15) is 11.1 Å². The Labute approximate surface area is 169 Å². The van der Waals surface area contributed by atoms with Crippen LogP contribution in [0, 0.1) is 0 Å². The van der Waals surface area contributed by atoms with Crippen LogP contribution in [0.4, 0.5) is 0 Å². The van der Waals surface area contributed by atoms with Gasteiger partial charge in [-0.05, 0) is 41.5 Å². The normalized spacial score (nSPS) is 14.0. The third kappa shape index (κ3) is 5.26. The van der Waals surface area contributed by atoms with Gasteiger partial charge in [0.25, 0.3) is 0 Å². The summed E-state index contributed by atoms with van der Waals surface area (Å²) in [6, 6.07) is 8.60. The summed E-state index contributed by atoms with van der Waals surface area (Å²) in [7, 11) is 0. The van der Waals surface area contributed by atoms with E-state index < -0.39 is 41.8 Å². The van der Waals surface area contributed by atoms with Crippen molar-refractivity contribution in [3.63, 3.8) is 0 Å². The Kier molecular flexibility index (Phi) is 6.65. The Bertz CT molecular complexity index is 980. The molecule has 6 N–H and O–H groups in total. The van der Waals surface area contributed by atoms with E-state index in [0.29, 0.717) is 0 Å². The number of aromatic hydroxyl groups is 3. The molecule has 2 aromatic rings. The molecule has 0 aliphatic carbocycles. The van der Waals surface area contributed by atoms with Gasteiger partial charge in [0.05, 0.1) is 0 Å². The number of benzene rings is 2. The fourth-order valence-corrected chi connectivity index (χ4v) is 2.52. The molecule has 2 rings (SSSR count). The van der Waals surface area contributed by atoms with Crippen LogP contribution in [0.15, 0.2) is 48.5 Å². The maximum atomic E-state index is 12.0. The second-order valence-electron chi connectivity index (χ2n) is 6.31. The van der Waals surface area contributed by atoms with E-state index >= 15 is 0 Å². The maximum absolute atomic E-state index is 12.0. The lowest BCUT2D eigenvalue weighted by Gasteiger charge is -2.29. The van der Waals surface area contributed by atoms with Crippen molar-refractivity contribution in [2.75, 3.05) is 0 Å². The van der Waals surface area contributed by atoms with E-state index in [1.54, 1.807) is 0 Å². The number of esters is 1.